The van der Waals surface area contributed by atoms with Crippen LogP contribution in [0.5, 0.6) is 0 Å². The zero-order valence-corrected chi connectivity index (χ0v) is 20.3. The summed E-state index contributed by atoms with van der Waals surface area (Å²) in [7, 11) is -1.66. The van der Waals surface area contributed by atoms with Gasteiger partial charge in [0.15, 0.2) is 0 Å². The van der Waals surface area contributed by atoms with Crippen LogP contribution in [0.15, 0.2) is 53.4 Å². The number of piperazine rings is 1. The normalized spacial score (nSPS) is 18.4. The Bertz CT molecular complexity index is 1140. The standard InChI is InChI=1S/C25H32N4O4S/c1-28-13-15-29(16-14-28)34(32,33)23-12-6-11-22(18-23)27-25(31)20-9-5-10-21(17-20)26-24(30)19-7-3-2-4-8-19/h5-6,9-12,17-19H,2-4,7-8,13-16H2,1H3,(H,26,30)(H,27,31). The molecular weight excluding hydrogens is 452 g/mol. The maximum absolute atomic E-state index is 13.0. The topological polar surface area (TPSA) is 98.8 Å². The van der Waals surface area contributed by atoms with Crippen LogP contribution in [0.1, 0.15) is 42.5 Å². The van der Waals surface area contributed by atoms with Crippen LogP contribution in [-0.4, -0.2) is 62.7 Å². The van der Waals surface area contributed by atoms with Gasteiger partial charge in [0, 0.05) is 49.0 Å². The Morgan fingerprint density at radius 1 is 0.853 bits per heavy atom. The van der Waals surface area contributed by atoms with Gasteiger partial charge in [-0.3, -0.25) is 9.59 Å². The van der Waals surface area contributed by atoms with E-state index in [9.17, 15) is 18.0 Å². The van der Waals surface area contributed by atoms with Crippen LogP contribution in [0.4, 0.5) is 11.4 Å². The van der Waals surface area contributed by atoms with Gasteiger partial charge in [0.1, 0.15) is 0 Å². The fraction of sp³-hybridized carbons (Fsp3) is 0.440. The molecule has 0 atom stereocenters. The number of anilines is 2. The Morgan fingerprint density at radius 2 is 1.50 bits per heavy atom. The number of hydrogen-bond donors (Lipinski definition) is 2. The molecule has 1 aliphatic heterocycles. The van der Waals surface area contributed by atoms with Crippen molar-refractivity contribution in [3.63, 3.8) is 0 Å². The fourth-order valence-electron chi connectivity index (χ4n) is 4.46. The first-order valence-corrected chi connectivity index (χ1v) is 13.3. The highest BCUT2D eigenvalue weighted by Gasteiger charge is 2.27. The minimum Gasteiger partial charge on any atom is -0.326 e. The largest absolute Gasteiger partial charge is 0.326 e. The molecule has 0 bridgehead atoms. The van der Waals surface area contributed by atoms with E-state index in [1.54, 1.807) is 42.5 Å². The molecule has 0 radical (unpaired) electrons. The van der Waals surface area contributed by atoms with Gasteiger partial charge in [-0.25, -0.2) is 8.42 Å². The second-order valence-corrected chi connectivity index (χ2v) is 11.0. The number of nitrogens with zero attached hydrogens (tertiary/aromatic N) is 2. The summed E-state index contributed by atoms with van der Waals surface area (Å²) in [5.41, 5.74) is 1.36. The number of benzene rings is 2. The summed E-state index contributed by atoms with van der Waals surface area (Å²) in [5, 5.41) is 5.71. The van der Waals surface area contributed by atoms with Crippen LogP contribution in [0.25, 0.3) is 0 Å². The highest BCUT2D eigenvalue weighted by molar-refractivity contribution is 7.89. The summed E-state index contributed by atoms with van der Waals surface area (Å²) >= 11 is 0. The van der Waals surface area contributed by atoms with Crippen molar-refractivity contribution >= 4 is 33.2 Å². The molecule has 2 amide bonds. The number of rotatable bonds is 6. The maximum Gasteiger partial charge on any atom is 0.255 e. The van der Waals surface area contributed by atoms with E-state index < -0.39 is 10.0 Å². The van der Waals surface area contributed by atoms with Crippen molar-refractivity contribution in [3.05, 3.63) is 54.1 Å². The SMILES string of the molecule is CN1CCN(S(=O)(=O)c2cccc(NC(=O)c3cccc(NC(=O)C4CCCCC4)c3)c2)CC1. The van der Waals surface area contributed by atoms with Gasteiger partial charge in [0.2, 0.25) is 15.9 Å². The van der Waals surface area contributed by atoms with Crippen molar-refractivity contribution in [3.8, 4) is 0 Å². The molecular formula is C25H32N4O4S. The second-order valence-electron chi connectivity index (χ2n) is 9.09. The van der Waals surface area contributed by atoms with E-state index in [1.807, 2.05) is 7.05 Å². The Labute approximate surface area is 201 Å². The highest BCUT2D eigenvalue weighted by atomic mass is 32.2. The predicted molar refractivity (Wildman–Crippen MR) is 132 cm³/mol. The lowest BCUT2D eigenvalue weighted by molar-refractivity contribution is -0.120. The lowest BCUT2D eigenvalue weighted by atomic mass is 9.88. The van der Waals surface area contributed by atoms with Crippen LogP contribution >= 0.6 is 0 Å². The summed E-state index contributed by atoms with van der Waals surface area (Å²) in [5.74, 6) is -0.349. The Hall–Kier alpha value is -2.75. The first kappa shape index (κ1) is 24.4. The molecule has 2 fully saturated rings. The van der Waals surface area contributed by atoms with Crippen molar-refractivity contribution in [1.29, 1.82) is 0 Å². The number of hydrogen-bond acceptors (Lipinski definition) is 5. The van der Waals surface area contributed by atoms with Crippen LogP contribution in [0.3, 0.4) is 0 Å². The molecule has 1 saturated carbocycles. The van der Waals surface area contributed by atoms with Gasteiger partial charge >= 0.3 is 0 Å². The smallest absolute Gasteiger partial charge is 0.255 e. The van der Waals surface area contributed by atoms with E-state index in [1.165, 1.54) is 16.8 Å². The van der Waals surface area contributed by atoms with Crippen molar-refractivity contribution < 1.29 is 18.0 Å². The monoisotopic (exact) mass is 484 g/mol. The fourth-order valence-corrected chi connectivity index (χ4v) is 5.93. The van der Waals surface area contributed by atoms with E-state index in [2.05, 4.69) is 15.5 Å². The van der Waals surface area contributed by atoms with Crippen molar-refractivity contribution in [1.82, 2.24) is 9.21 Å². The first-order chi connectivity index (χ1) is 16.3. The number of likely N-dealkylation sites (N-methyl/N-ethyl adjacent to an activating group) is 1. The molecule has 2 aliphatic rings. The molecule has 8 nitrogen and oxygen atoms in total. The van der Waals surface area contributed by atoms with E-state index in [-0.39, 0.29) is 22.6 Å². The number of nitrogens with one attached hydrogen (secondary N) is 2. The van der Waals surface area contributed by atoms with E-state index in [0.29, 0.717) is 43.1 Å². The Kier molecular flexibility index (Phi) is 7.65. The molecule has 2 N–H and O–H groups in total. The number of amides is 2. The van der Waals surface area contributed by atoms with Gasteiger partial charge in [-0.2, -0.15) is 4.31 Å². The molecule has 0 unspecified atom stereocenters. The minimum absolute atomic E-state index is 0.000859. The maximum atomic E-state index is 13.0. The molecule has 34 heavy (non-hydrogen) atoms. The van der Waals surface area contributed by atoms with Crippen molar-refractivity contribution in [2.24, 2.45) is 5.92 Å². The van der Waals surface area contributed by atoms with E-state index in [0.717, 1.165) is 25.7 Å². The molecule has 4 rings (SSSR count). The van der Waals surface area contributed by atoms with Gasteiger partial charge in [0.25, 0.3) is 5.91 Å². The van der Waals surface area contributed by atoms with Gasteiger partial charge < -0.3 is 15.5 Å². The lowest BCUT2D eigenvalue weighted by Crippen LogP contribution is -2.47. The average Bonchev–Trinajstić information content (AvgIpc) is 2.85. The quantitative estimate of drug-likeness (QED) is 0.655. The van der Waals surface area contributed by atoms with Crippen LogP contribution in [0.2, 0.25) is 0 Å². The summed E-state index contributed by atoms with van der Waals surface area (Å²) in [6.07, 6.45) is 5.13. The molecule has 1 aliphatic carbocycles. The predicted octanol–water partition coefficient (Wildman–Crippen LogP) is 3.39. The molecule has 2 aromatic carbocycles. The third-order valence-corrected chi connectivity index (χ3v) is 8.45. The van der Waals surface area contributed by atoms with E-state index in [4.69, 9.17) is 0 Å². The van der Waals surface area contributed by atoms with Gasteiger partial charge in [-0.05, 0) is 56.3 Å². The molecule has 2 aromatic rings. The Balaban J connectivity index is 1.43. The zero-order chi connectivity index (χ0) is 24.1. The van der Waals surface area contributed by atoms with Crippen LogP contribution in [-0.2, 0) is 14.8 Å². The molecule has 0 aromatic heterocycles. The number of carbonyl (C=O) groups excluding carboxylic acids is 2. The van der Waals surface area contributed by atoms with Crippen molar-refractivity contribution in [2.75, 3.05) is 43.9 Å². The third-order valence-electron chi connectivity index (χ3n) is 6.56. The minimum atomic E-state index is -3.63. The first-order valence-electron chi connectivity index (χ1n) is 11.8. The van der Waals surface area contributed by atoms with Crippen LogP contribution < -0.4 is 10.6 Å². The molecule has 1 saturated heterocycles. The van der Waals surface area contributed by atoms with Crippen LogP contribution in [0, 0.1) is 5.92 Å². The third kappa shape index (κ3) is 5.84. The highest BCUT2D eigenvalue weighted by Crippen LogP contribution is 2.25. The second kappa shape index (κ2) is 10.7. The van der Waals surface area contributed by atoms with Gasteiger partial charge in [-0.15, -0.1) is 0 Å². The molecule has 9 heteroatoms. The van der Waals surface area contributed by atoms with Crippen molar-refractivity contribution in [2.45, 2.75) is 37.0 Å². The number of sulfonamides is 1. The Morgan fingerprint density at radius 3 is 2.21 bits per heavy atom. The van der Waals surface area contributed by atoms with E-state index >= 15 is 0 Å². The molecule has 1 heterocycles. The summed E-state index contributed by atoms with van der Waals surface area (Å²) in [4.78, 5) is 27.7. The zero-order valence-electron chi connectivity index (χ0n) is 19.5. The molecule has 0 spiro atoms. The van der Waals surface area contributed by atoms with Gasteiger partial charge in [0.05, 0.1) is 4.90 Å². The number of carbonyl (C=O) groups is 2. The van der Waals surface area contributed by atoms with Gasteiger partial charge in [-0.1, -0.05) is 31.4 Å². The summed E-state index contributed by atoms with van der Waals surface area (Å²) < 4.78 is 27.5. The average molecular weight is 485 g/mol. The molecule has 182 valence electrons. The summed E-state index contributed by atoms with van der Waals surface area (Å²) in [6.45, 7) is 2.25. The summed E-state index contributed by atoms with van der Waals surface area (Å²) in [6, 6.07) is 13.1. The lowest BCUT2D eigenvalue weighted by Gasteiger charge is -2.31.